The molecule has 0 unspecified atom stereocenters. The number of hydrogen-bond acceptors (Lipinski definition) is 5. The van der Waals surface area contributed by atoms with Crippen LogP contribution < -0.4 is 10.6 Å². The summed E-state index contributed by atoms with van der Waals surface area (Å²) in [6, 6.07) is 1.76. The molecule has 3 amide bonds. The molecule has 2 aliphatic heterocycles. The van der Waals surface area contributed by atoms with E-state index in [1.165, 1.54) is 24.1 Å². The number of ether oxygens (including phenoxy) is 2. The van der Waals surface area contributed by atoms with Crippen molar-refractivity contribution in [2.45, 2.75) is 43.9 Å². The van der Waals surface area contributed by atoms with E-state index < -0.39 is 35.6 Å². The van der Waals surface area contributed by atoms with Crippen molar-refractivity contribution in [2.75, 3.05) is 25.5 Å². The maximum absolute atomic E-state index is 14.9. The van der Waals surface area contributed by atoms with Crippen LogP contribution in [0.3, 0.4) is 0 Å². The van der Waals surface area contributed by atoms with Gasteiger partial charge in [-0.25, -0.2) is 14.0 Å². The minimum Gasteiger partial charge on any atom is -0.465 e. The van der Waals surface area contributed by atoms with E-state index in [-0.39, 0.29) is 35.3 Å². The number of carboxylic acid groups (broad SMARTS) is 1. The van der Waals surface area contributed by atoms with Gasteiger partial charge in [-0.2, -0.15) is 0 Å². The van der Waals surface area contributed by atoms with E-state index in [1.807, 2.05) is 0 Å². The summed E-state index contributed by atoms with van der Waals surface area (Å²) in [5.74, 6) is -1.23. The number of hydrogen-bond donors (Lipinski definition) is 3. The Morgan fingerprint density at radius 3 is 2.90 bits per heavy atom. The lowest BCUT2D eigenvalue weighted by molar-refractivity contribution is -0.142. The van der Waals surface area contributed by atoms with Gasteiger partial charge in [0.05, 0.1) is 28.9 Å². The first kappa shape index (κ1) is 22.1. The third-order valence-electron chi connectivity index (χ3n) is 5.41. The summed E-state index contributed by atoms with van der Waals surface area (Å²) in [5, 5.41) is 13.7. The van der Waals surface area contributed by atoms with E-state index in [0.29, 0.717) is 19.4 Å². The van der Waals surface area contributed by atoms with Crippen molar-refractivity contribution in [1.29, 1.82) is 0 Å². The molecule has 1 aromatic rings. The van der Waals surface area contributed by atoms with Gasteiger partial charge in [0, 0.05) is 20.1 Å². The van der Waals surface area contributed by atoms with E-state index in [1.54, 1.807) is 6.92 Å². The van der Waals surface area contributed by atoms with Gasteiger partial charge in [-0.1, -0.05) is 11.6 Å². The third kappa shape index (κ3) is 4.29. The second kappa shape index (κ2) is 8.65. The molecule has 0 aromatic heterocycles. The molecule has 164 valence electrons. The Bertz CT molecular complexity index is 869. The van der Waals surface area contributed by atoms with E-state index in [2.05, 4.69) is 10.6 Å². The molecule has 2 aliphatic rings. The molecule has 2 heterocycles. The van der Waals surface area contributed by atoms with Crippen molar-refractivity contribution >= 4 is 35.4 Å². The topological polar surface area (TPSA) is 117 Å². The number of carbonyl (C=O) groups excluding carboxylic acids is 2. The molecule has 11 heteroatoms. The molecule has 0 radical (unpaired) electrons. The van der Waals surface area contributed by atoms with Crippen LogP contribution in [0.5, 0.6) is 0 Å². The molecule has 3 N–H and O–H groups in total. The minimum atomic E-state index is -1.42. The van der Waals surface area contributed by atoms with Crippen molar-refractivity contribution in [3.8, 4) is 0 Å². The summed E-state index contributed by atoms with van der Waals surface area (Å²) in [6.45, 7) is 1.90. The number of likely N-dealkylation sites (tertiary alicyclic amines) is 1. The lowest BCUT2D eigenvalue weighted by Crippen LogP contribution is -2.57. The molecule has 3 atom stereocenters. The highest BCUT2D eigenvalue weighted by atomic mass is 35.5. The van der Waals surface area contributed by atoms with Crippen molar-refractivity contribution in [3.63, 3.8) is 0 Å². The van der Waals surface area contributed by atoms with Crippen LogP contribution in [0, 0.1) is 5.82 Å². The smallest absolute Gasteiger partial charge is 0.412 e. The van der Waals surface area contributed by atoms with Crippen LogP contribution in [0.15, 0.2) is 12.1 Å². The summed E-state index contributed by atoms with van der Waals surface area (Å²) in [4.78, 5) is 37.8. The van der Waals surface area contributed by atoms with Gasteiger partial charge in [-0.05, 0) is 31.9 Å². The van der Waals surface area contributed by atoms with Gasteiger partial charge in [0.25, 0.3) is 0 Å². The molecule has 9 nitrogen and oxygen atoms in total. The molecule has 30 heavy (non-hydrogen) atoms. The fourth-order valence-electron chi connectivity index (χ4n) is 3.98. The molecule has 1 aromatic carbocycles. The predicted molar refractivity (Wildman–Crippen MR) is 105 cm³/mol. The zero-order valence-corrected chi connectivity index (χ0v) is 17.3. The highest BCUT2D eigenvalue weighted by Crippen LogP contribution is 2.45. The molecule has 0 bridgehead atoms. The first-order valence-corrected chi connectivity index (χ1v) is 9.84. The van der Waals surface area contributed by atoms with Crippen LogP contribution in [-0.4, -0.2) is 60.4 Å². The lowest BCUT2D eigenvalue weighted by atomic mass is 9.82. The average Bonchev–Trinajstić information content (AvgIpc) is 2.69. The SMILES string of the molecule is CO[C@@H](C)C[C@H](NC(=O)O)C(=O)N1CCC[C@@]2(C1)OC(=O)Nc1ccc(Cl)c(F)c12. The number of methoxy groups -OCH3 is 1. The standard InChI is InChI=1S/C19H23ClFN3O6/c1-10(29-2)8-13(22-17(26)27)16(25)24-7-3-6-19(9-24)14-12(23-18(28)30-19)5-4-11(20)15(14)21/h4-5,10,13,22H,3,6-9H2,1-2H3,(H,23,28)(H,26,27)/t10-,13-,19-/m0/s1. The number of rotatable bonds is 5. The second-order valence-electron chi connectivity index (χ2n) is 7.44. The number of fused-ring (bicyclic) bond motifs is 2. The highest BCUT2D eigenvalue weighted by molar-refractivity contribution is 6.31. The van der Waals surface area contributed by atoms with Crippen LogP contribution in [0.4, 0.5) is 19.7 Å². The summed E-state index contributed by atoms with van der Waals surface area (Å²) in [7, 11) is 1.46. The zero-order chi connectivity index (χ0) is 22.1. The van der Waals surface area contributed by atoms with Gasteiger partial charge >= 0.3 is 12.2 Å². The zero-order valence-electron chi connectivity index (χ0n) is 16.5. The third-order valence-corrected chi connectivity index (χ3v) is 5.70. The maximum atomic E-state index is 14.9. The molecule has 1 saturated heterocycles. The largest absolute Gasteiger partial charge is 0.465 e. The van der Waals surface area contributed by atoms with Crippen LogP contribution in [0.2, 0.25) is 5.02 Å². The van der Waals surface area contributed by atoms with Gasteiger partial charge in [0.2, 0.25) is 5.91 Å². The molecule has 3 rings (SSSR count). The summed E-state index contributed by atoms with van der Waals surface area (Å²) >= 11 is 5.95. The molecular weight excluding hydrogens is 421 g/mol. The van der Waals surface area contributed by atoms with E-state index in [9.17, 15) is 18.8 Å². The molecular formula is C19H23ClFN3O6. The molecule has 1 fully saturated rings. The van der Waals surface area contributed by atoms with E-state index >= 15 is 0 Å². The van der Waals surface area contributed by atoms with Crippen LogP contribution in [-0.2, 0) is 19.9 Å². The maximum Gasteiger partial charge on any atom is 0.412 e. The summed E-state index contributed by atoms with van der Waals surface area (Å²) < 4.78 is 25.6. The van der Waals surface area contributed by atoms with Crippen LogP contribution >= 0.6 is 11.6 Å². The predicted octanol–water partition coefficient (Wildman–Crippen LogP) is 2.92. The van der Waals surface area contributed by atoms with E-state index in [4.69, 9.17) is 26.2 Å². The Labute approximate surface area is 177 Å². The van der Waals surface area contributed by atoms with Gasteiger partial charge < -0.3 is 24.8 Å². The summed E-state index contributed by atoms with van der Waals surface area (Å²) in [5.41, 5.74) is -1.10. The Morgan fingerprint density at radius 1 is 1.50 bits per heavy atom. The lowest BCUT2D eigenvalue weighted by Gasteiger charge is -2.45. The van der Waals surface area contributed by atoms with Gasteiger partial charge in [-0.15, -0.1) is 0 Å². The number of piperidine rings is 1. The fourth-order valence-corrected chi connectivity index (χ4v) is 4.14. The van der Waals surface area contributed by atoms with Gasteiger partial charge in [0.1, 0.15) is 6.04 Å². The first-order valence-electron chi connectivity index (χ1n) is 9.46. The number of benzene rings is 1. The Hall–Kier alpha value is -2.59. The average molecular weight is 444 g/mol. The van der Waals surface area contributed by atoms with Gasteiger partial charge in [-0.3, -0.25) is 10.1 Å². The first-order chi connectivity index (χ1) is 14.2. The summed E-state index contributed by atoms with van der Waals surface area (Å²) in [6.07, 6.45) is -1.66. The number of carbonyl (C=O) groups is 3. The molecule has 0 saturated carbocycles. The van der Waals surface area contributed by atoms with E-state index in [0.717, 1.165) is 0 Å². The quantitative estimate of drug-likeness (QED) is 0.644. The van der Waals surface area contributed by atoms with Crippen LogP contribution in [0.1, 0.15) is 31.7 Å². The number of nitrogens with one attached hydrogen (secondary N) is 2. The number of nitrogens with zero attached hydrogens (tertiary/aromatic N) is 1. The van der Waals surface area contributed by atoms with Crippen LogP contribution in [0.25, 0.3) is 0 Å². The monoisotopic (exact) mass is 443 g/mol. The fraction of sp³-hybridized carbons (Fsp3) is 0.526. The second-order valence-corrected chi connectivity index (χ2v) is 7.85. The van der Waals surface area contributed by atoms with Crippen molar-refractivity contribution in [3.05, 3.63) is 28.5 Å². The Kier molecular flexibility index (Phi) is 6.37. The molecule has 1 spiro atoms. The Morgan fingerprint density at radius 2 is 2.23 bits per heavy atom. The van der Waals surface area contributed by atoms with Gasteiger partial charge in [0.15, 0.2) is 11.4 Å². The normalized spacial score (nSPS) is 22.5. The number of anilines is 1. The Balaban J connectivity index is 1.93. The van der Waals surface area contributed by atoms with Crippen molar-refractivity contribution in [1.82, 2.24) is 10.2 Å². The minimum absolute atomic E-state index is 0.0834. The van der Waals surface area contributed by atoms with Crippen molar-refractivity contribution < 1.29 is 33.4 Å². The molecule has 0 aliphatic carbocycles. The van der Waals surface area contributed by atoms with Crippen molar-refractivity contribution in [2.24, 2.45) is 0 Å². The number of halogens is 2. The number of amides is 3. The highest BCUT2D eigenvalue weighted by Gasteiger charge is 2.49.